The summed E-state index contributed by atoms with van der Waals surface area (Å²) in [4.78, 5) is 33.5. The van der Waals surface area contributed by atoms with Crippen molar-refractivity contribution in [3.8, 4) is 5.75 Å². The molecule has 2 heterocycles. The number of hydrogen-bond acceptors (Lipinski definition) is 6. The molecule has 3 rings (SSSR count). The number of benzene rings is 1. The van der Waals surface area contributed by atoms with Gasteiger partial charge in [0.25, 0.3) is 11.7 Å². The van der Waals surface area contributed by atoms with Crippen LogP contribution in [0.3, 0.4) is 0 Å². The maximum atomic E-state index is 13.0. The molecular formula is C23H27N3O4. The average Bonchev–Trinajstić information content (AvgIpc) is 2.98. The monoisotopic (exact) mass is 409 g/mol. The Labute approximate surface area is 176 Å². The van der Waals surface area contributed by atoms with E-state index in [4.69, 9.17) is 4.74 Å². The molecule has 1 unspecified atom stereocenters. The van der Waals surface area contributed by atoms with Crippen LogP contribution in [-0.4, -0.2) is 65.9 Å². The van der Waals surface area contributed by atoms with Crippen molar-refractivity contribution in [1.29, 1.82) is 0 Å². The number of aryl methyl sites for hydroxylation is 1. The third-order valence-electron chi connectivity index (χ3n) is 5.25. The molecule has 1 aromatic carbocycles. The summed E-state index contributed by atoms with van der Waals surface area (Å²) in [6, 6.07) is 8.08. The Morgan fingerprint density at radius 2 is 1.90 bits per heavy atom. The van der Waals surface area contributed by atoms with Crippen molar-refractivity contribution >= 4 is 17.4 Å². The Kier molecular flexibility index (Phi) is 6.52. The molecule has 0 bridgehead atoms. The second-order valence-electron chi connectivity index (χ2n) is 7.61. The van der Waals surface area contributed by atoms with Gasteiger partial charge in [-0.05, 0) is 75.4 Å². The zero-order valence-electron chi connectivity index (χ0n) is 17.8. The number of amides is 1. The Balaban J connectivity index is 2.09. The highest BCUT2D eigenvalue weighted by Gasteiger charge is 2.45. The van der Waals surface area contributed by atoms with Gasteiger partial charge in [-0.2, -0.15) is 0 Å². The zero-order chi connectivity index (χ0) is 21.8. The van der Waals surface area contributed by atoms with Gasteiger partial charge < -0.3 is 19.6 Å². The molecule has 1 N–H and O–H groups in total. The fourth-order valence-electron chi connectivity index (χ4n) is 3.73. The van der Waals surface area contributed by atoms with E-state index in [0.717, 1.165) is 17.7 Å². The summed E-state index contributed by atoms with van der Waals surface area (Å²) in [5.74, 6) is -0.790. The first-order chi connectivity index (χ1) is 14.3. The number of nitrogens with zero attached hydrogens (tertiary/aromatic N) is 3. The van der Waals surface area contributed by atoms with E-state index in [0.29, 0.717) is 24.3 Å². The first kappa shape index (κ1) is 21.5. The molecule has 1 atom stereocenters. The zero-order valence-corrected chi connectivity index (χ0v) is 17.8. The van der Waals surface area contributed by atoms with Crippen LogP contribution in [0.5, 0.6) is 5.75 Å². The third-order valence-corrected chi connectivity index (χ3v) is 5.25. The lowest BCUT2D eigenvalue weighted by Gasteiger charge is -2.26. The minimum absolute atomic E-state index is 0.101. The van der Waals surface area contributed by atoms with E-state index in [1.165, 1.54) is 0 Å². The average molecular weight is 409 g/mol. The molecule has 1 aromatic heterocycles. The van der Waals surface area contributed by atoms with Crippen LogP contribution in [0.2, 0.25) is 0 Å². The Hall–Kier alpha value is -3.19. The first-order valence-corrected chi connectivity index (χ1v) is 9.83. The van der Waals surface area contributed by atoms with E-state index in [2.05, 4.69) is 4.98 Å². The quantitative estimate of drug-likeness (QED) is 0.430. The molecule has 7 nitrogen and oxygen atoms in total. The van der Waals surface area contributed by atoms with Crippen molar-refractivity contribution in [3.63, 3.8) is 0 Å². The fourth-order valence-corrected chi connectivity index (χ4v) is 3.73. The highest BCUT2D eigenvalue weighted by molar-refractivity contribution is 6.46. The molecule has 1 aliphatic heterocycles. The predicted octanol–water partition coefficient (Wildman–Crippen LogP) is 2.77. The summed E-state index contributed by atoms with van der Waals surface area (Å²) < 4.78 is 5.23. The number of ketones is 1. The van der Waals surface area contributed by atoms with E-state index >= 15 is 0 Å². The minimum Gasteiger partial charge on any atom is -0.507 e. The molecule has 1 aliphatic rings. The van der Waals surface area contributed by atoms with Crippen LogP contribution in [0, 0.1) is 6.92 Å². The summed E-state index contributed by atoms with van der Waals surface area (Å²) >= 11 is 0. The van der Waals surface area contributed by atoms with Gasteiger partial charge in [-0.25, -0.2) is 0 Å². The number of aromatic nitrogens is 1. The standard InChI is InChI=1S/C23H27N3O4/c1-15-14-17(30-4)6-7-18(15)21(27)19-20(16-8-10-24-11-9-16)26(23(29)22(19)28)13-5-12-25(2)3/h6-11,14,20,27H,5,12-13H2,1-4H3/b21-19-. The van der Waals surface area contributed by atoms with Crippen LogP contribution in [0.1, 0.15) is 29.2 Å². The van der Waals surface area contributed by atoms with Gasteiger partial charge in [-0.3, -0.25) is 14.6 Å². The van der Waals surface area contributed by atoms with Crippen molar-refractivity contribution < 1.29 is 19.4 Å². The number of rotatable bonds is 7. The van der Waals surface area contributed by atoms with Gasteiger partial charge >= 0.3 is 0 Å². The lowest BCUT2D eigenvalue weighted by molar-refractivity contribution is -0.139. The number of Topliss-reactive ketones (excluding diaryl/α,β-unsaturated/α-hetero) is 1. The van der Waals surface area contributed by atoms with Crippen molar-refractivity contribution in [2.24, 2.45) is 0 Å². The van der Waals surface area contributed by atoms with Crippen LogP contribution in [-0.2, 0) is 9.59 Å². The fraction of sp³-hybridized carbons (Fsp3) is 0.348. The van der Waals surface area contributed by atoms with Crippen molar-refractivity contribution in [3.05, 3.63) is 65.0 Å². The van der Waals surface area contributed by atoms with Crippen molar-refractivity contribution in [2.75, 3.05) is 34.3 Å². The largest absolute Gasteiger partial charge is 0.507 e. The molecule has 1 fully saturated rings. The lowest BCUT2D eigenvalue weighted by atomic mass is 9.94. The Morgan fingerprint density at radius 3 is 2.50 bits per heavy atom. The van der Waals surface area contributed by atoms with Crippen molar-refractivity contribution in [1.82, 2.24) is 14.8 Å². The minimum atomic E-state index is -0.672. The van der Waals surface area contributed by atoms with Gasteiger partial charge in [-0.1, -0.05) is 0 Å². The van der Waals surface area contributed by atoms with Gasteiger partial charge in [0, 0.05) is 24.5 Å². The first-order valence-electron chi connectivity index (χ1n) is 9.83. The molecule has 0 saturated carbocycles. The summed E-state index contributed by atoms with van der Waals surface area (Å²) in [5.41, 5.74) is 2.09. The van der Waals surface area contributed by atoms with E-state index in [1.807, 2.05) is 25.9 Å². The summed E-state index contributed by atoms with van der Waals surface area (Å²) in [5, 5.41) is 11.1. The lowest BCUT2D eigenvalue weighted by Crippen LogP contribution is -2.32. The molecule has 158 valence electrons. The summed E-state index contributed by atoms with van der Waals surface area (Å²) in [6.07, 6.45) is 3.95. The molecule has 2 aromatic rings. The second kappa shape index (κ2) is 9.09. The van der Waals surface area contributed by atoms with Gasteiger partial charge in [0.2, 0.25) is 0 Å². The topological polar surface area (TPSA) is 83.0 Å². The van der Waals surface area contributed by atoms with Gasteiger partial charge in [0.15, 0.2) is 0 Å². The molecule has 7 heteroatoms. The number of methoxy groups -OCH3 is 1. The summed E-state index contributed by atoms with van der Waals surface area (Å²) in [6.45, 7) is 3.02. The van der Waals surface area contributed by atoms with Crippen molar-refractivity contribution in [2.45, 2.75) is 19.4 Å². The molecule has 0 aliphatic carbocycles. The van der Waals surface area contributed by atoms with Crippen LogP contribution in [0.4, 0.5) is 0 Å². The highest BCUT2D eigenvalue weighted by Crippen LogP contribution is 2.40. The third kappa shape index (κ3) is 4.21. The summed E-state index contributed by atoms with van der Waals surface area (Å²) in [7, 11) is 5.48. The number of aliphatic hydroxyl groups is 1. The molecular weight excluding hydrogens is 382 g/mol. The number of ether oxygens (including phenoxy) is 1. The van der Waals surface area contributed by atoms with Crippen LogP contribution >= 0.6 is 0 Å². The molecule has 0 spiro atoms. The molecule has 0 radical (unpaired) electrons. The Morgan fingerprint density at radius 1 is 1.20 bits per heavy atom. The normalized spacial score (nSPS) is 18.3. The number of carbonyl (C=O) groups excluding carboxylic acids is 2. The predicted molar refractivity (Wildman–Crippen MR) is 114 cm³/mol. The number of hydrogen-bond donors (Lipinski definition) is 1. The molecule has 1 amide bonds. The molecule has 1 saturated heterocycles. The van der Waals surface area contributed by atoms with Crippen LogP contribution in [0.15, 0.2) is 48.3 Å². The van der Waals surface area contributed by atoms with E-state index in [1.54, 1.807) is 54.7 Å². The number of aliphatic hydroxyl groups excluding tert-OH is 1. The van der Waals surface area contributed by atoms with E-state index in [9.17, 15) is 14.7 Å². The van der Waals surface area contributed by atoms with Crippen LogP contribution in [0.25, 0.3) is 5.76 Å². The molecule has 30 heavy (non-hydrogen) atoms. The SMILES string of the molecule is COc1ccc(/C(O)=C2/C(=O)C(=O)N(CCCN(C)C)C2c2ccncc2)c(C)c1. The maximum absolute atomic E-state index is 13.0. The maximum Gasteiger partial charge on any atom is 0.295 e. The second-order valence-corrected chi connectivity index (χ2v) is 7.61. The number of pyridine rings is 1. The number of likely N-dealkylation sites (tertiary alicyclic amines) is 1. The Bertz CT molecular complexity index is 970. The van der Waals surface area contributed by atoms with Gasteiger partial charge in [0.05, 0.1) is 18.7 Å². The van der Waals surface area contributed by atoms with E-state index < -0.39 is 17.7 Å². The van der Waals surface area contributed by atoms with E-state index in [-0.39, 0.29) is 11.3 Å². The van der Waals surface area contributed by atoms with Gasteiger partial charge in [0.1, 0.15) is 11.5 Å². The smallest absolute Gasteiger partial charge is 0.295 e. The number of carbonyl (C=O) groups is 2. The highest BCUT2D eigenvalue weighted by atomic mass is 16.5. The van der Waals surface area contributed by atoms with Crippen LogP contribution < -0.4 is 4.74 Å². The van der Waals surface area contributed by atoms with Gasteiger partial charge in [-0.15, -0.1) is 0 Å².